The maximum Gasteiger partial charge on any atom is 0.232 e. The fourth-order valence-electron chi connectivity index (χ4n) is 14.2. The molecule has 5 atom stereocenters. The number of aromatic nitrogens is 4. The summed E-state index contributed by atoms with van der Waals surface area (Å²) in [6, 6.07) is 16.9. The number of aromatic hydroxyl groups is 2. The summed E-state index contributed by atoms with van der Waals surface area (Å²) in [5.41, 5.74) is 4.37. The van der Waals surface area contributed by atoms with Crippen molar-refractivity contribution in [3.8, 4) is 70.3 Å². The van der Waals surface area contributed by atoms with Crippen LogP contribution < -0.4 is 9.47 Å². The number of terminal acetylenes is 2. The lowest BCUT2D eigenvalue weighted by Gasteiger charge is -2.34. The van der Waals surface area contributed by atoms with Crippen molar-refractivity contribution in [3.05, 3.63) is 204 Å². The molecule has 3 aromatic heterocycles. The van der Waals surface area contributed by atoms with Crippen LogP contribution in [0.4, 0.5) is 17.6 Å². The molecule has 426 valence electrons. The van der Waals surface area contributed by atoms with Crippen LogP contribution in [0.2, 0.25) is 0 Å². The first-order valence-electron chi connectivity index (χ1n) is 28.9. The smallest absolute Gasteiger partial charge is 0.232 e. The summed E-state index contributed by atoms with van der Waals surface area (Å²) < 4.78 is 78.2. The van der Waals surface area contributed by atoms with Crippen LogP contribution >= 0.6 is 0 Å². The van der Waals surface area contributed by atoms with E-state index in [1.54, 1.807) is 30.5 Å². The first-order valence-corrected chi connectivity index (χ1v) is 28.9. The molecule has 0 radical (unpaired) electrons. The molecular formula is C72H56F4N6O4. The van der Waals surface area contributed by atoms with Crippen LogP contribution in [0.1, 0.15) is 72.5 Å². The summed E-state index contributed by atoms with van der Waals surface area (Å²) >= 11 is 0. The van der Waals surface area contributed by atoms with Crippen molar-refractivity contribution < 1.29 is 37.2 Å². The number of allylic oxidation sites excluding steroid dienone is 16. The number of ether oxygens (including phenoxy) is 2. The number of fused-ring (bicyclic) bond motifs is 6. The van der Waals surface area contributed by atoms with Crippen molar-refractivity contribution >= 4 is 54.5 Å². The normalized spacial score (nSPS) is 26.0. The molecule has 8 aromatic rings. The predicted molar refractivity (Wildman–Crippen MR) is 330 cm³/mol. The minimum Gasteiger partial charge on any atom is -0.508 e. The fourth-order valence-corrected chi connectivity index (χ4v) is 14.2. The fraction of sp³-hybridized carbons (Fsp3) is 0.222. The molecule has 0 bridgehead atoms. The quantitative estimate of drug-likeness (QED) is 0.0958. The van der Waals surface area contributed by atoms with Gasteiger partial charge in [-0.05, 0) is 126 Å². The van der Waals surface area contributed by atoms with E-state index in [2.05, 4.69) is 16.7 Å². The summed E-state index contributed by atoms with van der Waals surface area (Å²) in [6.45, 7) is 1.95. The van der Waals surface area contributed by atoms with E-state index in [-0.39, 0.29) is 53.7 Å². The van der Waals surface area contributed by atoms with Crippen LogP contribution in [0.25, 0.3) is 76.9 Å². The molecular weight excluding hydrogens is 1090 g/mol. The van der Waals surface area contributed by atoms with Gasteiger partial charge < -0.3 is 19.7 Å². The second kappa shape index (κ2) is 21.8. The molecule has 6 aliphatic rings. The molecule has 4 fully saturated rings. The van der Waals surface area contributed by atoms with Gasteiger partial charge in [0.25, 0.3) is 0 Å². The largest absolute Gasteiger partial charge is 0.508 e. The zero-order valence-electron chi connectivity index (χ0n) is 46.7. The lowest BCUT2D eigenvalue weighted by atomic mass is 9.90. The number of phenols is 2. The van der Waals surface area contributed by atoms with Gasteiger partial charge in [0.2, 0.25) is 11.8 Å². The number of phenolic OH excluding ortho intramolecular Hbond substituents is 2. The molecule has 10 nitrogen and oxygen atoms in total. The Hall–Kier alpha value is -9.60. The highest BCUT2D eigenvalue weighted by Crippen LogP contribution is 2.53. The number of hydrogen-bond acceptors (Lipinski definition) is 10. The molecule has 2 aliphatic carbocycles. The van der Waals surface area contributed by atoms with Gasteiger partial charge >= 0.3 is 0 Å². The number of benzene rings is 5. The number of rotatable bonds is 11. The molecule has 86 heavy (non-hydrogen) atoms. The highest BCUT2D eigenvalue weighted by molar-refractivity contribution is 6.06. The molecule has 0 saturated carbocycles. The van der Waals surface area contributed by atoms with E-state index >= 15 is 13.2 Å². The van der Waals surface area contributed by atoms with Crippen molar-refractivity contribution in [3.63, 3.8) is 0 Å². The van der Waals surface area contributed by atoms with Crippen molar-refractivity contribution in [1.82, 2.24) is 29.7 Å². The zero-order chi connectivity index (χ0) is 58.8. The number of pyridine rings is 2. The van der Waals surface area contributed by atoms with Gasteiger partial charge in [0.1, 0.15) is 48.7 Å². The van der Waals surface area contributed by atoms with Crippen molar-refractivity contribution in [1.29, 1.82) is 0 Å². The van der Waals surface area contributed by atoms with Crippen LogP contribution in [-0.2, 0) is 0 Å². The van der Waals surface area contributed by atoms with Crippen LogP contribution in [0, 0.1) is 36.3 Å². The third kappa shape index (κ3) is 9.50. The first kappa shape index (κ1) is 54.3. The van der Waals surface area contributed by atoms with Crippen molar-refractivity contribution in [2.24, 2.45) is 0 Å². The molecule has 0 amide bonds. The van der Waals surface area contributed by atoms with E-state index in [4.69, 9.17) is 42.3 Å². The summed E-state index contributed by atoms with van der Waals surface area (Å²) in [5, 5.41) is 25.7. The Balaban J connectivity index is 0.815. The summed E-state index contributed by atoms with van der Waals surface area (Å²) in [6.07, 6.45) is 43.4. The van der Waals surface area contributed by atoms with Gasteiger partial charge in [-0.3, -0.25) is 9.80 Å². The summed E-state index contributed by atoms with van der Waals surface area (Å²) in [7, 11) is 0. The highest BCUT2D eigenvalue weighted by Gasteiger charge is 2.56. The van der Waals surface area contributed by atoms with Crippen LogP contribution in [0.15, 0.2) is 164 Å². The maximum atomic E-state index is 17.8. The molecule has 4 saturated heterocycles. The van der Waals surface area contributed by atoms with Gasteiger partial charge in [0.05, 0.1) is 56.9 Å². The summed E-state index contributed by atoms with van der Waals surface area (Å²) in [4.78, 5) is 24.0. The molecule has 4 aliphatic heterocycles. The lowest BCUT2D eigenvalue weighted by Crippen LogP contribution is -2.44. The molecule has 14 rings (SSSR count). The molecule has 14 heteroatoms. The van der Waals surface area contributed by atoms with E-state index in [9.17, 15) is 14.6 Å². The molecule has 7 heterocycles. The Kier molecular flexibility index (Phi) is 13.8. The topological polar surface area (TPSA) is 117 Å². The van der Waals surface area contributed by atoms with Gasteiger partial charge in [0, 0.05) is 70.1 Å². The number of alkyl halides is 2. The van der Waals surface area contributed by atoms with Gasteiger partial charge in [-0.15, -0.1) is 12.8 Å². The van der Waals surface area contributed by atoms with Gasteiger partial charge in [-0.25, -0.2) is 37.5 Å². The zero-order valence-corrected chi connectivity index (χ0v) is 46.7. The maximum absolute atomic E-state index is 17.8. The van der Waals surface area contributed by atoms with Gasteiger partial charge in [-0.2, -0.15) is 0 Å². The van der Waals surface area contributed by atoms with E-state index in [1.807, 2.05) is 108 Å². The van der Waals surface area contributed by atoms with E-state index in [0.29, 0.717) is 115 Å². The molecule has 3 unspecified atom stereocenters. The molecule has 2 N–H and O–H groups in total. The molecule has 0 spiro atoms. The SMILES string of the molecule is C#Cc1c(F)ccc2cc(O)cc(-c3cc(C4=C/C=C\C=C/C=C\4)c4ncc(OCC56CCCN5C(c5cc7cc(O)cc(-c8cc9cc(OCC%10%11CCCN%10C[C@H](F)C%11)ncc9c(C9=C/C=C\C=C/C=C\9)n8)c7c(C#C)c5F)[C@H](F)C6)nc4c3)c12. The highest BCUT2D eigenvalue weighted by atomic mass is 19.1. The number of halogens is 4. The number of nitrogens with zero attached hydrogens (tertiary/aromatic N) is 6. The average molecular weight is 1150 g/mol. The number of hydrogen-bond donors (Lipinski definition) is 2. The Morgan fingerprint density at radius 1 is 0.640 bits per heavy atom. The summed E-state index contributed by atoms with van der Waals surface area (Å²) in [5.74, 6) is 4.17. The van der Waals surface area contributed by atoms with Gasteiger partial charge in [-0.1, -0.05) is 103 Å². The lowest BCUT2D eigenvalue weighted by molar-refractivity contribution is 0.0839. The Bertz CT molecular complexity index is 4530. The van der Waals surface area contributed by atoms with Crippen molar-refractivity contribution in [2.75, 3.05) is 32.8 Å². The minimum absolute atomic E-state index is 0.000841. The van der Waals surface area contributed by atoms with Crippen molar-refractivity contribution in [2.45, 2.75) is 68.0 Å². The second-order valence-electron chi connectivity index (χ2n) is 23.1. The van der Waals surface area contributed by atoms with E-state index in [1.165, 1.54) is 30.5 Å². The Morgan fingerprint density at radius 2 is 1.34 bits per heavy atom. The Labute approximate surface area is 494 Å². The Morgan fingerprint density at radius 3 is 2.15 bits per heavy atom. The van der Waals surface area contributed by atoms with E-state index in [0.717, 1.165) is 30.5 Å². The first-order chi connectivity index (χ1) is 41.9. The third-order valence-corrected chi connectivity index (χ3v) is 18.0. The predicted octanol–water partition coefficient (Wildman–Crippen LogP) is 14.6. The monoisotopic (exact) mass is 1140 g/mol. The van der Waals surface area contributed by atoms with Crippen LogP contribution in [0.3, 0.4) is 0 Å². The van der Waals surface area contributed by atoms with Crippen LogP contribution in [-0.4, -0.2) is 96.2 Å². The van der Waals surface area contributed by atoms with E-state index < -0.39 is 41.1 Å². The second-order valence-corrected chi connectivity index (χ2v) is 23.1. The average Bonchev–Trinajstić information content (AvgIpc) is 1.44. The van der Waals surface area contributed by atoms with Crippen LogP contribution in [0.5, 0.6) is 23.3 Å². The standard InChI is InChI=1S/C72H56F4N6O4/c1-3-52-59(74)22-21-45-27-50(83)34-54(65(45)52)46-29-55(43-17-11-7-5-8-12-18-43)69-62(32-46)79-64(39-78-69)86-42-72-24-16-26-82(72)70(60(75)37-72)57-30-48-28-51(84)35-56(66(48)53(4-2)67(57)76)61-31-47-33-63(85-41-71-23-15-25-81(71)40-49(73)36-71)77-38-58(47)68(80-61)44-19-13-9-6-10-14-20-44/h1-2,5-14,17-22,27-35,38-39,49,60,70,83-84H,15-16,23-26,36-37,40-42H2/b7-5-,8-5?,9-6-,10-6?,11-7?,12-8-,13-9?,14-10-,17-11-,18-12?,19-13-,20-14?,43-17?,43-18+,44-19?,44-20+/t49-,60-,70?,71?,72?/m1/s1. The third-order valence-electron chi connectivity index (χ3n) is 18.0. The van der Waals surface area contributed by atoms with Gasteiger partial charge in [0.15, 0.2) is 0 Å². The molecule has 5 aromatic carbocycles. The minimum atomic E-state index is -1.54.